The van der Waals surface area contributed by atoms with E-state index in [0.29, 0.717) is 18.9 Å². The zero-order chi connectivity index (χ0) is 19.5. The molecule has 28 heavy (non-hydrogen) atoms. The lowest BCUT2D eigenvalue weighted by molar-refractivity contribution is 0.0933. The van der Waals surface area contributed by atoms with Crippen molar-refractivity contribution in [1.82, 2.24) is 4.90 Å². The number of hydrogen-bond acceptors (Lipinski definition) is 4. The third kappa shape index (κ3) is 3.93. The highest BCUT2D eigenvalue weighted by atomic mass is 16.5. The lowest BCUT2D eigenvalue weighted by Crippen LogP contribution is -2.28. The molecule has 0 saturated carbocycles. The van der Waals surface area contributed by atoms with Gasteiger partial charge in [0, 0.05) is 19.5 Å². The predicted octanol–water partition coefficient (Wildman–Crippen LogP) is 4.25. The van der Waals surface area contributed by atoms with Gasteiger partial charge in [0.05, 0.1) is 19.3 Å². The summed E-state index contributed by atoms with van der Waals surface area (Å²) in [4.78, 5) is 14.4. The number of benzene rings is 2. The van der Waals surface area contributed by atoms with E-state index in [9.17, 15) is 4.79 Å². The Kier molecular flexibility index (Phi) is 5.67. The van der Waals surface area contributed by atoms with Crippen molar-refractivity contribution in [3.8, 4) is 11.5 Å². The lowest BCUT2D eigenvalue weighted by atomic mass is 9.82. The van der Waals surface area contributed by atoms with E-state index in [-0.39, 0.29) is 5.78 Å². The number of hydrogen-bond donors (Lipinski definition) is 0. The summed E-state index contributed by atoms with van der Waals surface area (Å²) in [5.41, 5.74) is 4.81. The van der Waals surface area contributed by atoms with Crippen LogP contribution < -0.4 is 9.47 Å². The van der Waals surface area contributed by atoms with Gasteiger partial charge in [-0.2, -0.15) is 0 Å². The standard InChI is InChI=1S/C24H29NO3/c1-25(13-11-17-9-10-21-22(26)12-14-28-24(21)15-17)16-18-5-3-7-20-19(18)6-4-8-23(20)27-2/h4,6,8-10,15,18H,3,5,7,11-14,16H2,1-2H3. The van der Waals surface area contributed by atoms with E-state index in [2.05, 4.69) is 36.2 Å². The van der Waals surface area contributed by atoms with Crippen molar-refractivity contribution in [3.63, 3.8) is 0 Å². The fraction of sp³-hybridized carbons (Fsp3) is 0.458. The summed E-state index contributed by atoms with van der Waals surface area (Å²) >= 11 is 0. The molecule has 4 rings (SSSR count). The molecule has 0 bridgehead atoms. The first kappa shape index (κ1) is 19.0. The van der Waals surface area contributed by atoms with Crippen LogP contribution in [0.3, 0.4) is 0 Å². The predicted molar refractivity (Wildman–Crippen MR) is 111 cm³/mol. The summed E-state index contributed by atoms with van der Waals surface area (Å²) in [7, 11) is 3.97. The van der Waals surface area contributed by atoms with Crippen LogP contribution in [0.4, 0.5) is 0 Å². The minimum absolute atomic E-state index is 0.191. The number of carbonyl (C=O) groups excluding carboxylic acids is 1. The molecule has 1 heterocycles. The normalized spacial score (nSPS) is 18.4. The van der Waals surface area contributed by atoms with Gasteiger partial charge >= 0.3 is 0 Å². The summed E-state index contributed by atoms with van der Waals surface area (Å²) in [6, 6.07) is 12.5. The monoisotopic (exact) mass is 379 g/mol. The minimum Gasteiger partial charge on any atom is -0.496 e. The molecule has 4 heteroatoms. The van der Waals surface area contributed by atoms with Gasteiger partial charge in [-0.05, 0) is 73.5 Å². The first-order chi connectivity index (χ1) is 13.7. The van der Waals surface area contributed by atoms with Gasteiger partial charge in [-0.15, -0.1) is 0 Å². The van der Waals surface area contributed by atoms with Gasteiger partial charge in [-0.3, -0.25) is 4.79 Å². The maximum absolute atomic E-state index is 11.9. The Balaban J connectivity index is 1.38. The Labute approximate surface area is 167 Å². The number of Topliss-reactive ketones (excluding diaryl/α,β-unsaturated/α-hetero) is 1. The number of fused-ring (bicyclic) bond motifs is 2. The Morgan fingerprint density at radius 3 is 2.96 bits per heavy atom. The van der Waals surface area contributed by atoms with Crippen LogP contribution in [-0.4, -0.2) is 44.5 Å². The molecule has 0 radical (unpaired) electrons. The highest BCUT2D eigenvalue weighted by Crippen LogP contribution is 2.37. The van der Waals surface area contributed by atoms with Crippen molar-refractivity contribution >= 4 is 5.78 Å². The van der Waals surface area contributed by atoms with Gasteiger partial charge < -0.3 is 14.4 Å². The third-order valence-electron chi connectivity index (χ3n) is 6.06. The molecule has 2 aliphatic rings. The van der Waals surface area contributed by atoms with Crippen LogP contribution in [0.1, 0.15) is 52.2 Å². The average molecular weight is 380 g/mol. The number of rotatable bonds is 6. The lowest BCUT2D eigenvalue weighted by Gasteiger charge is -2.30. The summed E-state index contributed by atoms with van der Waals surface area (Å²) < 4.78 is 11.3. The second kappa shape index (κ2) is 8.36. The van der Waals surface area contributed by atoms with Crippen molar-refractivity contribution < 1.29 is 14.3 Å². The Morgan fingerprint density at radius 1 is 1.21 bits per heavy atom. The minimum atomic E-state index is 0.191. The molecular formula is C24H29NO3. The fourth-order valence-electron chi connectivity index (χ4n) is 4.54. The third-order valence-corrected chi connectivity index (χ3v) is 6.06. The Morgan fingerprint density at radius 2 is 2.11 bits per heavy atom. The number of ether oxygens (including phenoxy) is 2. The number of ketones is 1. The topological polar surface area (TPSA) is 38.8 Å². The second-order valence-corrected chi connectivity index (χ2v) is 7.98. The average Bonchev–Trinajstić information content (AvgIpc) is 2.72. The molecule has 1 unspecified atom stereocenters. The Bertz CT molecular complexity index is 861. The van der Waals surface area contributed by atoms with Crippen molar-refractivity contribution in [3.05, 3.63) is 58.7 Å². The van der Waals surface area contributed by atoms with E-state index in [4.69, 9.17) is 9.47 Å². The quantitative estimate of drug-likeness (QED) is 0.752. The van der Waals surface area contributed by atoms with E-state index in [1.54, 1.807) is 7.11 Å². The van der Waals surface area contributed by atoms with Gasteiger partial charge in [0.1, 0.15) is 11.5 Å². The van der Waals surface area contributed by atoms with E-state index >= 15 is 0 Å². The molecular weight excluding hydrogens is 350 g/mol. The molecule has 0 saturated heterocycles. The van der Waals surface area contributed by atoms with Crippen LogP contribution in [0.5, 0.6) is 11.5 Å². The van der Waals surface area contributed by atoms with Crippen LogP contribution in [0, 0.1) is 0 Å². The first-order valence-electron chi connectivity index (χ1n) is 10.3. The molecule has 1 aliphatic carbocycles. The summed E-state index contributed by atoms with van der Waals surface area (Å²) in [5, 5.41) is 0. The van der Waals surface area contributed by atoms with Crippen LogP contribution >= 0.6 is 0 Å². The van der Waals surface area contributed by atoms with Crippen molar-refractivity contribution in [2.24, 2.45) is 0 Å². The van der Waals surface area contributed by atoms with Gasteiger partial charge in [0.25, 0.3) is 0 Å². The van der Waals surface area contributed by atoms with Crippen molar-refractivity contribution in [2.75, 3.05) is 33.9 Å². The summed E-state index contributed by atoms with van der Waals surface area (Å²) in [6.07, 6.45) is 5.02. The van der Waals surface area contributed by atoms with Crippen molar-refractivity contribution in [2.45, 2.75) is 38.0 Å². The van der Waals surface area contributed by atoms with Crippen LogP contribution in [-0.2, 0) is 12.8 Å². The Hall–Kier alpha value is -2.33. The SMILES string of the molecule is COc1cccc2c1CCCC2CN(C)CCc1ccc2c(c1)OCCC2=O. The molecule has 1 aliphatic heterocycles. The maximum atomic E-state index is 11.9. The molecule has 0 aromatic heterocycles. The van der Waals surface area contributed by atoms with Gasteiger partial charge in [-0.25, -0.2) is 0 Å². The summed E-state index contributed by atoms with van der Waals surface area (Å²) in [6.45, 7) is 2.54. The van der Waals surface area contributed by atoms with Gasteiger partial charge in [-0.1, -0.05) is 18.2 Å². The molecule has 0 spiro atoms. The van der Waals surface area contributed by atoms with Crippen LogP contribution in [0.15, 0.2) is 36.4 Å². The van der Waals surface area contributed by atoms with Crippen molar-refractivity contribution in [1.29, 1.82) is 0 Å². The van der Waals surface area contributed by atoms with Crippen LogP contribution in [0.25, 0.3) is 0 Å². The summed E-state index contributed by atoms with van der Waals surface area (Å²) in [5.74, 6) is 2.54. The highest BCUT2D eigenvalue weighted by molar-refractivity contribution is 5.99. The smallest absolute Gasteiger partial charge is 0.169 e. The number of carbonyl (C=O) groups is 1. The van der Waals surface area contributed by atoms with E-state index in [1.807, 2.05) is 12.1 Å². The number of likely N-dealkylation sites (N-methyl/N-ethyl adjacent to an activating group) is 1. The van der Waals surface area contributed by atoms with Gasteiger partial charge in [0.2, 0.25) is 0 Å². The van der Waals surface area contributed by atoms with E-state index in [1.165, 1.54) is 29.5 Å². The first-order valence-corrected chi connectivity index (χ1v) is 10.3. The molecule has 0 N–H and O–H groups in total. The van der Waals surface area contributed by atoms with E-state index in [0.717, 1.165) is 43.0 Å². The highest BCUT2D eigenvalue weighted by Gasteiger charge is 2.24. The fourth-order valence-corrected chi connectivity index (χ4v) is 4.54. The molecule has 4 nitrogen and oxygen atoms in total. The largest absolute Gasteiger partial charge is 0.496 e. The van der Waals surface area contributed by atoms with Crippen LogP contribution in [0.2, 0.25) is 0 Å². The molecule has 2 aromatic rings. The molecule has 2 aromatic carbocycles. The van der Waals surface area contributed by atoms with E-state index < -0.39 is 0 Å². The second-order valence-electron chi connectivity index (χ2n) is 7.98. The zero-order valence-corrected chi connectivity index (χ0v) is 16.9. The number of nitrogens with zero attached hydrogens (tertiary/aromatic N) is 1. The maximum Gasteiger partial charge on any atom is 0.169 e. The molecule has 0 fully saturated rings. The van der Waals surface area contributed by atoms with Gasteiger partial charge in [0.15, 0.2) is 5.78 Å². The number of methoxy groups -OCH3 is 1. The molecule has 1 atom stereocenters. The molecule has 148 valence electrons. The molecule has 0 amide bonds. The zero-order valence-electron chi connectivity index (χ0n) is 16.9.